The van der Waals surface area contributed by atoms with Crippen molar-refractivity contribution >= 4 is 7.60 Å². The first-order valence-corrected chi connectivity index (χ1v) is 3.90. The number of epoxide rings is 1. The number of hydrogen-bond acceptors (Lipinski definition) is 3. The molecule has 9 heavy (non-hydrogen) atoms. The van der Waals surface area contributed by atoms with Crippen molar-refractivity contribution in [2.45, 2.75) is 18.9 Å². The number of hydrogen-bond donors (Lipinski definition) is 3. The molecule has 1 rings (SSSR count). The van der Waals surface area contributed by atoms with Gasteiger partial charge in [0, 0.05) is 0 Å². The van der Waals surface area contributed by atoms with Gasteiger partial charge in [-0.15, -0.1) is 0 Å². The predicted octanol–water partition coefficient (Wildman–Crippen LogP) is 0.0709. The van der Waals surface area contributed by atoms with Crippen LogP contribution in [0.1, 0.15) is 6.92 Å². The second-order valence-corrected chi connectivity index (χ2v) is 3.51. The van der Waals surface area contributed by atoms with Crippen LogP contribution in [0.5, 0.6) is 0 Å². The first kappa shape index (κ1) is 9.07. The third-order valence-corrected chi connectivity index (χ3v) is 2.22. The highest BCUT2D eigenvalue weighted by molar-refractivity contribution is 7.52. The second kappa shape index (κ2) is 2.36. The Hall–Kier alpha value is 0.0700. The molecule has 0 aromatic carbocycles. The van der Waals surface area contributed by atoms with Crippen molar-refractivity contribution in [3.05, 3.63) is 0 Å². The van der Waals surface area contributed by atoms with Gasteiger partial charge in [0.25, 0.3) is 0 Å². The van der Waals surface area contributed by atoms with E-state index in [2.05, 4.69) is 4.74 Å². The summed E-state index contributed by atoms with van der Waals surface area (Å²) in [6.07, 6.45) is -0.254. The molecule has 0 aliphatic carbocycles. The minimum atomic E-state index is -3.90. The zero-order chi connectivity index (χ0) is 6.36. The summed E-state index contributed by atoms with van der Waals surface area (Å²) in [6.45, 7) is 1.63. The highest BCUT2D eigenvalue weighted by Gasteiger charge is 2.48. The summed E-state index contributed by atoms with van der Waals surface area (Å²) in [7, 11) is -3.90. The van der Waals surface area contributed by atoms with E-state index in [0.29, 0.717) is 0 Å². The number of rotatable bonds is 1. The van der Waals surface area contributed by atoms with Crippen molar-refractivity contribution in [1.82, 2.24) is 6.15 Å². The van der Waals surface area contributed by atoms with Gasteiger partial charge in [-0.1, -0.05) is 0 Å². The third-order valence-electron chi connectivity index (χ3n) is 1.01. The molecule has 56 valence electrons. The molecule has 1 saturated heterocycles. The van der Waals surface area contributed by atoms with Gasteiger partial charge < -0.3 is 20.7 Å². The van der Waals surface area contributed by atoms with Gasteiger partial charge in [0.15, 0.2) is 5.85 Å². The van der Waals surface area contributed by atoms with Crippen molar-refractivity contribution in [3.8, 4) is 0 Å². The first-order valence-electron chi connectivity index (χ1n) is 2.22. The van der Waals surface area contributed by atoms with Gasteiger partial charge in [-0.25, -0.2) is 0 Å². The van der Waals surface area contributed by atoms with Gasteiger partial charge >= 0.3 is 7.60 Å². The molecule has 0 saturated carbocycles. The lowest BCUT2D eigenvalue weighted by atomic mass is 10.6. The highest BCUT2D eigenvalue weighted by Crippen LogP contribution is 2.52. The molecular weight excluding hydrogens is 145 g/mol. The van der Waals surface area contributed by atoms with Crippen molar-refractivity contribution in [2.75, 3.05) is 0 Å². The lowest BCUT2D eigenvalue weighted by molar-refractivity contribution is 0.333. The molecule has 0 bridgehead atoms. The fraction of sp³-hybridized carbons (Fsp3) is 1.00. The van der Waals surface area contributed by atoms with Crippen LogP contribution in [0.25, 0.3) is 0 Å². The van der Waals surface area contributed by atoms with Crippen LogP contribution in [0, 0.1) is 0 Å². The Bertz CT molecular complexity index is 143. The van der Waals surface area contributed by atoms with Crippen molar-refractivity contribution in [3.63, 3.8) is 0 Å². The Kier molecular flexibility index (Phi) is 2.38. The van der Waals surface area contributed by atoms with E-state index in [4.69, 9.17) is 9.79 Å². The molecule has 1 fully saturated rings. The van der Waals surface area contributed by atoms with Crippen LogP contribution in [-0.4, -0.2) is 21.7 Å². The van der Waals surface area contributed by atoms with E-state index in [-0.39, 0.29) is 12.3 Å². The van der Waals surface area contributed by atoms with E-state index in [9.17, 15) is 4.57 Å². The molecule has 2 atom stereocenters. The maximum Gasteiger partial charge on any atom is 0.356 e. The van der Waals surface area contributed by atoms with Crippen LogP contribution < -0.4 is 6.15 Å². The Morgan fingerprint density at radius 2 is 1.89 bits per heavy atom. The molecule has 5 nitrogen and oxygen atoms in total. The fourth-order valence-electron chi connectivity index (χ4n) is 0.527. The normalized spacial score (nSPS) is 33.2. The molecule has 1 aliphatic heterocycles. The Labute approximate surface area is 52.8 Å². The van der Waals surface area contributed by atoms with Crippen molar-refractivity contribution in [1.29, 1.82) is 0 Å². The summed E-state index contributed by atoms with van der Waals surface area (Å²) in [5.41, 5.74) is 0. The van der Waals surface area contributed by atoms with E-state index in [1.807, 2.05) is 0 Å². The summed E-state index contributed by atoms with van der Waals surface area (Å²) >= 11 is 0. The largest absolute Gasteiger partial charge is 0.356 e. The Morgan fingerprint density at radius 1 is 1.56 bits per heavy atom. The van der Waals surface area contributed by atoms with E-state index in [1.54, 1.807) is 6.92 Å². The van der Waals surface area contributed by atoms with E-state index in [1.165, 1.54) is 0 Å². The molecule has 0 amide bonds. The summed E-state index contributed by atoms with van der Waals surface area (Å²) < 4.78 is 14.7. The van der Waals surface area contributed by atoms with Crippen LogP contribution in [-0.2, 0) is 9.30 Å². The van der Waals surface area contributed by atoms with Crippen LogP contribution in [0.4, 0.5) is 0 Å². The van der Waals surface area contributed by atoms with E-state index >= 15 is 0 Å². The third kappa shape index (κ3) is 2.04. The van der Waals surface area contributed by atoms with E-state index < -0.39 is 13.4 Å². The second-order valence-electron chi connectivity index (χ2n) is 1.82. The minimum Gasteiger partial charge on any atom is -0.356 e. The predicted molar refractivity (Wildman–Crippen MR) is 31.4 cm³/mol. The van der Waals surface area contributed by atoms with Gasteiger partial charge in [-0.05, 0) is 6.92 Å². The van der Waals surface area contributed by atoms with Crippen LogP contribution in [0.15, 0.2) is 0 Å². The molecule has 5 N–H and O–H groups in total. The summed E-state index contributed by atoms with van der Waals surface area (Å²) in [5.74, 6) is -0.817. The standard InChI is InChI=1S/C3H7O4P.H3N/c1-2-3(7-2)8(4,5)6;/h2-3H,1H3,(H2,4,5,6);1H3/t2-,3+;/m0./s1. The molecule has 0 aromatic rings. The van der Waals surface area contributed by atoms with Crippen LogP contribution in [0.3, 0.4) is 0 Å². The van der Waals surface area contributed by atoms with Crippen LogP contribution >= 0.6 is 7.60 Å². The molecular formula is C3H10NO4P. The van der Waals surface area contributed by atoms with Gasteiger partial charge in [0.1, 0.15) is 0 Å². The Morgan fingerprint density at radius 3 is 1.89 bits per heavy atom. The topological polar surface area (TPSA) is 105 Å². The molecule has 0 spiro atoms. The average molecular weight is 155 g/mol. The molecule has 6 heteroatoms. The Balaban J connectivity index is 0.000000640. The molecule has 0 aromatic heterocycles. The monoisotopic (exact) mass is 155 g/mol. The first-order chi connectivity index (χ1) is 3.52. The van der Waals surface area contributed by atoms with Gasteiger partial charge in [-0.3, -0.25) is 4.57 Å². The zero-order valence-electron chi connectivity index (χ0n) is 5.02. The highest BCUT2D eigenvalue weighted by atomic mass is 31.2. The van der Waals surface area contributed by atoms with E-state index in [0.717, 1.165) is 0 Å². The molecule has 0 unspecified atom stereocenters. The summed E-state index contributed by atoms with van der Waals surface area (Å²) in [6, 6.07) is 0. The lowest BCUT2D eigenvalue weighted by Gasteiger charge is -1.93. The van der Waals surface area contributed by atoms with Gasteiger partial charge in [0.2, 0.25) is 0 Å². The maximum absolute atomic E-state index is 10.2. The van der Waals surface area contributed by atoms with Gasteiger partial charge in [-0.2, -0.15) is 0 Å². The summed E-state index contributed by atoms with van der Waals surface area (Å²) in [5, 5.41) is 0. The van der Waals surface area contributed by atoms with Crippen LogP contribution in [0.2, 0.25) is 0 Å². The number of ether oxygens (including phenoxy) is 1. The molecule has 1 heterocycles. The zero-order valence-corrected chi connectivity index (χ0v) is 5.91. The quantitative estimate of drug-likeness (QED) is 0.367. The van der Waals surface area contributed by atoms with Gasteiger partial charge in [0.05, 0.1) is 6.10 Å². The molecule has 1 aliphatic rings. The lowest BCUT2D eigenvalue weighted by Crippen LogP contribution is -1.89. The van der Waals surface area contributed by atoms with Crippen molar-refractivity contribution in [2.24, 2.45) is 0 Å². The maximum atomic E-state index is 10.2. The summed E-state index contributed by atoms with van der Waals surface area (Å²) in [4.78, 5) is 16.6. The van der Waals surface area contributed by atoms with Crippen molar-refractivity contribution < 1.29 is 19.1 Å². The average Bonchev–Trinajstić information content (AvgIpc) is 2.13. The molecule has 0 radical (unpaired) electrons. The minimum absolute atomic E-state index is 0. The smallest absolute Gasteiger partial charge is 0.356 e. The SMILES string of the molecule is C[C@@H]1O[C@@H]1P(=O)(O)O.N. The fourth-order valence-corrected chi connectivity index (χ4v) is 1.42.